The van der Waals surface area contributed by atoms with Crippen LogP contribution >= 0.6 is 0 Å². The van der Waals surface area contributed by atoms with Crippen molar-refractivity contribution in [3.63, 3.8) is 0 Å². The molecule has 3 nitrogen and oxygen atoms in total. The van der Waals surface area contributed by atoms with Crippen molar-refractivity contribution in [1.82, 2.24) is 10.1 Å². The third-order valence-electron chi connectivity index (χ3n) is 2.76. The molecule has 0 spiro atoms. The molecule has 0 aromatic carbocycles. The van der Waals surface area contributed by atoms with Crippen LogP contribution in [-0.2, 0) is 5.41 Å². The molecule has 1 unspecified atom stereocenters. The highest BCUT2D eigenvalue weighted by atomic mass is 19.3. The fraction of sp³-hybridized carbons (Fsp3) is 0.818. The Morgan fingerprint density at radius 2 is 1.88 bits per heavy atom. The van der Waals surface area contributed by atoms with Crippen molar-refractivity contribution < 1.29 is 13.3 Å². The fourth-order valence-electron chi connectivity index (χ4n) is 1.94. The third-order valence-corrected chi connectivity index (χ3v) is 2.76. The largest absolute Gasteiger partial charge is 0.340 e. The molecule has 2 rings (SSSR count). The fourth-order valence-corrected chi connectivity index (χ4v) is 1.94. The van der Waals surface area contributed by atoms with Gasteiger partial charge in [-0.2, -0.15) is 4.98 Å². The van der Waals surface area contributed by atoms with Crippen molar-refractivity contribution in [2.75, 3.05) is 0 Å². The van der Waals surface area contributed by atoms with E-state index in [1.54, 1.807) is 13.8 Å². The van der Waals surface area contributed by atoms with Crippen LogP contribution in [0.5, 0.6) is 0 Å². The zero-order chi connectivity index (χ0) is 12.4. The van der Waals surface area contributed by atoms with Crippen LogP contribution in [0.4, 0.5) is 8.78 Å². The summed E-state index contributed by atoms with van der Waals surface area (Å²) in [6, 6.07) is 0. The second kappa shape index (κ2) is 4.47. The lowest BCUT2D eigenvalue weighted by Crippen LogP contribution is -2.22. The number of alkyl halides is 2. The predicted molar refractivity (Wildman–Crippen MR) is 56.5 cm³/mol. The van der Waals surface area contributed by atoms with E-state index in [1.807, 2.05) is 13.8 Å². The van der Waals surface area contributed by atoms with Crippen LogP contribution in [0.3, 0.4) is 0 Å². The van der Waals surface area contributed by atoms with Gasteiger partial charge in [-0.3, -0.25) is 0 Å². The van der Waals surface area contributed by atoms with E-state index < -0.39 is 11.3 Å². The lowest BCUT2D eigenvalue weighted by molar-refractivity contribution is 0.00303. The summed E-state index contributed by atoms with van der Waals surface area (Å²) in [6.45, 7) is 7.42. The predicted octanol–water partition coefficient (Wildman–Crippen LogP) is 3.48. The van der Waals surface area contributed by atoms with Gasteiger partial charge in [0.15, 0.2) is 5.82 Å². The van der Waals surface area contributed by atoms with Crippen LogP contribution < -0.4 is 0 Å². The minimum atomic E-state index is -2.58. The molecule has 0 N–H and O–H groups in total. The maximum atomic E-state index is 13.0. The molecule has 0 aliphatic heterocycles. The minimum absolute atomic E-state index is 0.0862. The summed E-state index contributed by atoms with van der Waals surface area (Å²) < 4.78 is 30.9. The Labute approximate surface area is 94.2 Å². The number of hydrogen-bond acceptors (Lipinski definition) is 3. The second-order valence-corrected chi connectivity index (χ2v) is 4.23. The lowest BCUT2D eigenvalue weighted by Gasteiger charge is -2.18. The number of halogens is 2. The van der Waals surface area contributed by atoms with Gasteiger partial charge in [0.05, 0.1) is 0 Å². The molecule has 1 heterocycles. The summed E-state index contributed by atoms with van der Waals surface area (Å²) in [5.41, 5.74) is -0.624. The van der Waals surface area contributed by atoms with E-state index in [-0.39, 0.29) is 12.8 Å². The maximum Gasteiger partial charge on any atom is 0.249 e. The summed E-state index contributed by atoms with van der Waals surface area (Å²) in [5, 5.41) is 3.72. The van der Waals surface area contributed by atoms with Crippen molar-refractivity contribution in [3.8, 4) is 0 Å². The van der Waals surface area contributed by atoms with E-state index in [0.717, 1.165) is 0 Å². The van der Waals surface area contributed by atoms with Gasteiger partial charge in [0.1, 0.15) is 0 Å². The average molecular weight is 232 g/mol. The van der Waals surface area contributed by atoms with Gasteiger partial charge in [-0.15, -0.1) is 0 Å². The first-order chi connectivity index (χ1) is 7.41. The molecule has 16 heavy (non-hydrogen) atoms. The van der Waals surface area contributed by atoms with Crippen molar-refractivity contribution >= 4 is 0 Å². The zero-order valence-electron chi connectivity index (χ0n) is 10.2. The summed E-state index contributed by atoms with van der Waals surface area (Å²) in [7, 11) is 0. The molecular formula is C11H18F2N2O. The summed E-state index contributed by atoms with van der Waals surface area (Å²) >= 11 is 0. The molecular weight excluding hydrogens is 214 g/mol. The van der Waals surface area contributed by atoms with Crippen LogP contribution in [0.25, 0.3) is 0 Å². The van der Waals surface area contributed by atoms with Gasteiger partial charge in [0.2, 0.25) is 11.8 Å². The Morgan fingerprint density at radius 1 is 1.25 bits per heavy atom. The number of aryl methyl sites for hydroxylation is 1. The maximum absolute atomic E-state index is 13.0. The van der Waals surface area contributed by atoms with Gasteiger partial charge in [-0.05, 0) is 6.42 Å². The van der Waals surface area contributed by atoms with Crippen molar-refractivity contribution in [1.29, 1.82) is 0 Å². The second-order valence-electron chi connectivity index (χ2n) is 4.23. The Hall–Kier alpha value is -1.00. The van der Waals surface area contributed by atoms with Crippen LogP contribution in [0.1, 0.15) is 51.7 Å². The molecule has 1 atom stereocenters. The number of aromatic nitrogens is 2. The topological polar surface area (TPSA) is 38.9 Å². The molecule has 1 fully saturated rings. The number of hydrogen-bond donors (Lipinski definition) is 0. The zero-order valence-corrected chi connectivity index (χ0v) is 10.2. The molecule has 0 amide bonds. The van der Waals surface area contributed by atoms with E-state index in [2.05, 4.69) is 10.1 Å². The Balaban J connectivity index is 0.000000606. The summed E-state index contributed by atoms with van der Waals surface area (Å²) in [5.74, 6) is -1.74. The van der Waals surface area contributed by atoms with Gasteiger partial charge in [0.25, 0.3) is 0 Å². The van der Waals surface area contributed by atoms with E-state index in [0.29, 0.717) is 18.1 Å². The van der Waals surface area contributed by atoms with Crippen molar-refractivity contribution in [2.24, 2.45) is 0 Å². The third kappa shape index (κ3) is 2.57. The van der Waals surface area contributed by atoms with Gasteiger partial charge >= 0.3 is 0 Å². The SMILES string of the molecule is CC.Cc1nc(C2(C)CCC(F)(F)C2)no1. The Bertz CT molecular complexity index is 352. The normalized spacial score (nSPS) is 27.4. The monoisotopic (exact) mass is 232 g/mol. The quantitative estimate of drug-likeness (QED) is 0.744. The first kappa shape index (κ1) is 13.1. The van der Waals surface area contributed by atoms with Gasteiger partial charge in [-0.1, -0.05) is 25.9 Å². The molecule has 0 bridgehead atoms. The molecule has 1 aromatic heterocycles. The van der Waals surface area contributed by atoms with Crippen molar-refractivity contribution in [3.05, 3.63) is 11.7 Å². The molecule has 1 aliphatic carbocycles. The first-order valence-corrected chi connectivity index (χ1v) is 5.60. The first-order valence-electron chi connectivity index (χ1n) is 5.60. The molecule has 92 valence electrons. The highest BCUT2D eigenvalue weighted by Crippen LogP contribution is 2.47. The Morgan fingerprint density at radius 3 is 2.25 bits per heavy atom. The van der Waals surface area contributed by atoms with E-state index >= 15 is 0 Å². The van der Waals surface area contributed by atoms with Crippen LogP contribution in [0, 0.1) is 6.92 Å². The van der Waals surface area contributed by atoms with E-state index in [1.165, 1.54) is 0 Å². The highest BCUT2D eigenvalue weighted by molar-refractivity contribution is 5.10. The summed E-state index contributed by atoms with van der Waals surface area (Å²) in [6.07, 6.45) is 0.148. The number of rotatable bonds is 1. The standard InChI is InChI=1S/C9H12F2N2O.C2H6/c1-6-12-7(13-14-6)8(2)3-4-9(10,11)5-8;1-2/h3-5H2,1-2H3;1-2H3. The smallest absolute Gasteiger partial charge is 0.249 e. The molecule has 0 saturated heterocycles. The molecule has 1 saturated carbocycles. The molecule has 0 radical (unpaired) electrons. The van der Waals surface area contributed by atoms with Gasteiger partial charge < -0.3 is 4.52 Å². The van der Waals surface area contributed by atoms with Crippen molar-refractivity contribution in [2.45, 2.75) is 58.3 Å². The van der Waals surface area contributed by atoms with E-state index in [9.17, 15) is 8.78 Å². The highest BCUT2D eigenvalue weighted by Gasteiger charge is 2.49. The average Bonchev–Trinajstić information content (AvgIpc) is 2.75. The molecule has 1 aromatic rings. The Kier molecular flexibility index (Phi) is 3.65. The van der Waals surface area contributed by atoms with Gasteiger partial charge in [0, 0.05) is 25.2 Å². The van der Waals surface area contributed by atoms with Gasteiger partial charge in [-0.25, -0.2) is 8.78 Å². The molecule has 5 heteroatoms. The van der Waals surface area contributed by atoms with E-state index in [4.69, 9.17) is 4.52 Å². The molecule has 1 aliphatic rings. The van der Waals surface area contributed by atoms with Crippen LogP contribution in [-0.4, -0.2) is 16.1 Å². The number of nitrogens with zero attached hydrogens (tertiary/aromatic N) is 2. The van der Waals surface area contributed by atoms with Crippen LogP contribution in [0.15, 0.2) is 4.52 Å². The summed E-state index contributed by atoms with van der Waals surface area (Å²) in [4.78, 5) is 4.02. The minimum Gasteiger partial charge on any atom is -0.340 e. The lowest BCUT2D eigenvalue weighted by atomic mass is 9.88. The van der Waals surface area contributed by atoms with Crippen LogP contribution in [0.2, 0.25) is 0 Å².